The Morgan fingerprint density at radius 3 is 1.74 bits per heavy atom. The highest BCUT2D eigenvalue weighted by molar-refractivity contribution is 5.97. The second-order valence-electron chi connectivity index (χ2n) is 4.22. The maximum absolute atomic E-state index is 12.5. The van der Waals surface area contributed by atoms with Crippen molar-refractivity contribution >= 4 is 21.8 Å². The molecule has 1 N–H and O–H groups in total. The summed E-state index contributed by atoms with van der Waals surface area (Å²) in [6, 6.07) is 10.8. The van der Waals surface area contributed by atoms with E-state index < -0.39 is 0 Å². The number of benzene rings is 2. The number of hydrogen-bond donors (Lipinski definition) is 1. The molecule has 2 aromatic carbocycles. The zero-order valence-corrected chi connectivity index (χ0v) is 10.7. The van der Waals surface area contributed by atoms with Gasteiger partial charge < -0.3 is 14.5 Å². The van der Waals surface area contributed by atoms with Crippen LogP contribution in [0.15, 0.2) is 41.2 Å². The highest BCUT2D eigenvalue weighted by atomic mass is 16.5. The minimum Gasteiger partial charge on any atom is -0.495 e. The number of methoxy groups -OCH3 is 2. The molecule has 1 aromatic heterocycles. The fraction of sp³-hybridized carbons (Fsp3) is 0.133. The molecular weight excluding hydrogens is 242 g/mol. The van der Waals surface area contributed by atoms with Crippen LogP contribution in [0.25, 0.3) is 21.8 Å². The molecule has 0 atom stereocenters. The summed E-state index contributed by atoms with van der Waals surface area (Å²) in [5, 5.41) is 1.22. The van der Waals surface area contributed by atoms with Crippen molar-refractivity contribution in [2.75, 3.05) is 14.2 Å². The average Bonchev–Trinajstić information content (AvgIpc) is 2.46. The molecule has 0 aliphatic rings. The molecule has 0 radical (unpaired) electrons. The van der Waals surface area contributed by atoms with Crippen LogP contribution in [-0.2, 0) is 0 Å². The van der Waals surface area contributed by atoms with Crippen LogP contribution in [0, 0.1) is 0 Å². The zero-order chi connectivity index (χ0) is 13.4. The van der Waals surface area contributed by atoms with E-state index in [2.05, 4.69) is 4.98 Å². The maximum Gasteiger partial charge on any atom is 0.197 e. The van der Waals surface area contributed by atoms with Gasteiger partial charge in [-0.05, 0) is 24.3 Å². The second kappa shape index (κ2) is 4.31. The molecule has 0 fully saturated rings. The first kappa shape index (κ1) is 11.6. The van der Waals surface area contributed by atoms with Gasteiger partial charge in [-0.3, -0.25) is 4.79 Å². The van der Waals surface area contributed by atoms with Gasteiger partial charge in [-0.15, -0.1) is 0 Å². The summed E-state index contributed by atoms with van der Waals surface area (Å²) >= 11 is 0. The summed E-state index contributed by atoms with van der Waals surface area (Å²) in [6.45, 7) is 0. The fourth-order valence-electron chi connectivity index (χ4n) is 2.31. The molecule has 19 heavy (non-hydrogen) atoms. The SMILES string of the molecule is COc1cccc2c(=O)c3cccc(OC)c3[nH]c12. The van der Waals surface area contributed by atoms with Gasteiger partial charge in [0, 0.05) is 10.8 Å². The van der Waals surface area contributed by atoms with Crippen molar-refractivity contribution in [2.24, 2.45) is 0 Å². The Morgan fingerprint density at radius 1 is 0.842 bits per heavy atom. The van der Waals surface area contributed by atoms with Crippen molar-refractivity contribution in [3.8, 4) is 11.5 Å². The van der Waals surface area contributed by atoms with Gasteiger partial charge in [0.15, 0.2) is 5.43 Å². The molecule has 0 amide bonds. The third-order valence-corrected chi connectivity index (χ3v) is 3.23. The van der Waals surface area contributed by atoms with E-state index in [9.17, 15) is 4.79 Å². The van der Waals surface area contributed by atoms with Gasteiger partial charge in [0.25, 0.3) is 0 Å². The van der Waals surface area contributed by atoms with Gasteiger partial charge in [0.05, 0.1) is 25.3 Å². The topological polar surface area (TPSA) is 51.3 Å². The number of fused-ring (bicyclic) bond motifs is 2. The summed E-state index contributed by atoms with van der Waals surface area (Å²) in [4.78, 5) is 15.7. The van der Waals surface area contributed by atoms with E-state index >= 15 is 0 Å². The third-order valence-electron chi connectivity index (χ3n) is 3.23. The van der Waals surface area contributed by atoms with E-state index in [4.69, 9.17) is 9.47 Å². The van der Waals surface area contributed by atoms with Gasteiger partial charge in [-0.25, -0.2) is 0 Å². The van der Waals surface area contributed by atoms with E-state index in [1.54, 1.807) is 26.4 Å². The minimum absolute atomic E-state index is 0.0263. The molecule has 0 unspecified atom stereocenters. The van der Waals surface area contributed by atoms with Crippen molar-refractivity contribution in [1.82, 2.24) is 4.98 Å². The fourth-order valence-corrected chi connectivity index (χ4v) is 2.31. The highest BCUT2D eigenvalue weighted by Crippen LogP contribution is 2.27. The first-order valence-corrected chi connectivity index (χ1v) is 5.92. The number of aromatic amines is 1. The molecule has 0 spiro atoms. The first-order valence-electron chi connectivity index (χ1n) is 5.92. The standard InChI is InChI=1S/C15H13NO3/c1-18-11-7-3-5-9-13(11)16-14-10(15(9)17)6-4-8-12(14)19-2/h3-8H,1-2H3,(H,16,17). The van der Waals surface area contributed by atoms with Crippen LogP contribution in [-0.4, -0.2) is 19.2 Å². The molecule has 3 rings (SSSR count). The smallest absolute Gasteiger partial charge is 0.197 e. The number of rotatable bonds is 2. The van der Waals surface area contributed by atoms with Crippen LogP contribution >= 0.6 is 0 Å². The normalized spacial score (nSPS) is 10.8. The third kappa shape index (κ3) is 1.64. The van der Waals surface area contributed by atoms with Crippen LogP contribution in [0.4, 0.5) is 0 Å². The summed E-state index contributed by atoms with van der Waals surface area (Å²) < 4.78 is 10.6. The molecule has 96 valence electrons. The van der Waals surface area contributed by atoms with E-state index in [1.807, 2.05) is 24.3 Å². The average molecular weight is 255 g/mol. The lowest BCUT2D eigenvalue weighted by molar-refractivity contribution is 0.417. The van der Waals surface area contributed by atoms with Crippen LogP contribution in [0.5, 0.6) is 11.5 Å². The number of hydrogen-bond acceptors (Lipinski definition) is 3. The van der Waals surface area contributed by atoms with Gasteiger partial charge in [-0.2, -0.15) is 0 Å². The molecular formula is C15H13NO3. The van der Waals surface area contributed by atoms with Crippen molar-refractivity contribution in [3.05, 3.63) is 46.6 Å². The predicted octanol–water partition coefficient (Wildman–Crippen LogP) is 2.70. The minimum atomic E-state index is -0.0263. The monoisotopic (exact) mass is 255 g/mol. The van der Waals surface area contributed by atoms with Crippen molar-refractivity contribution in [3.63, 3.8) is 0 Å². The molecule has 4 heteroatoms. The Morgan fingerprint density at radius 2 is 1.32 bits per heavy atom. The van der Waals surface area contributed by atoms with Crippen molar-refractivity contribution < 1.29 is 9.47 Å². The van der Waals surface area contributed by atoms with E-state index in [0.717, 1.165) is 0 Å². The zero-order valence-electron chi connectivity index (χ0n) is 10.7. The van der Waals surface area contributed by atoms with Crippen LogP contribution in [0.2, 0.25) is 0 Å². The number of pyridine rings is 1. The number of nitrogens with one attached hydrogen (secondary N) is 1. The van der Waals surface area contributed by atoms with Crippen LogP contribution < -0.4 is 14.9 Å². The summed E-state index contributed by atoms with van der Waals surface area (Å²) in [7, 11) is 3.17. The van der Waals surface area contributed by atoms with Gasteiger partial charge in [0.2, 0.25) is 0 Å². The highest BCUT2D eigenvalue weighted by Gasteiger charge is 2.11. The Hall–Kier alpha value is -2.49. The van der Waals surface area contributed by atoms with Crippen molar-refractivity contribution in [1.29, 1.82) is 0 Å². The Labute approximate surface area is 109 Å². The van der Waals surface area contributed by atoms with E-state index in [-0.39, 0.29) is 5.43 Å². The largest absolute Gasteiger partial charge is 0.495 e. The summed E-state index contributed by atoms with van der Waals surface area (Å²) in [6.07, 6.45) is 0. The van der Waals surface area contributed by atoms with E-state index in [0.29, 0.717) is 33.3 Å². The molecule has 0 aliphatic heterocycles. The molecule has 0 aliphatic carbocycles. The number of ether oxygens (including phenoxy) is 2. The molecule has 4 nitrogen and oxygen atoms in total. The second-order valence-corrected chi connectivity index (χ2v) is 4.22. The first-order chi connectivity index (χ1) is 9.26. The number of aromatic nitrogens is 1. The molecule has 3 aromatic rings. The van der Waals surface area contributed by atoms with Gasteiger partial charge >= 0.3 is 0 Å². The lowest BCUT2D eigenvalue weighted by atomic mass is 10.1. The Bertz CT molecular complexity index is 756. The summed E-state index contributed by atoms with van der Waals surface area (Å²) in [5.74, 6) is 1.28. The van der Waals surface area contributed by atoms with Crippen LogP contribution in [0.1, 0.15) is 0 Å². The number of para-hydroxylation sites is 2. The van der Waals surface area contributed by atoms with Gasteiger partial charge in [0.1, 0.15) is 11.5 Å². The lowest BCUT2D eigenvalue weighted by Crippen LogP contribution is -2.05. The van der Waals surface area contributed by atoms with E-state index in [1.165, 1.54) is 0 Å². The molecule has 0 saturated carbocycles. The quantitative estimate of drug-likeness (QED) is 0.716. The Kier molecular flexibility index (Phi) is 2.63. The molecule has 0 saturated heterocycles. The summed E-state index contributed by atoms with van der Waals surface area (Å²) in [5.41, 5.74) is 1.35. The lowest BCUT2D eigenvalue weighted by Gasteiger charge is -2.09. The number of H-pyrrole nitrogens is 1. The van der Waals surface area contributed by atoms with Crippen LogP contribution in [0.3, 0.4) is 0 Å². The maximum atomic E-state index is 12.5. The van der Waals surface area contributed by atoms with Crippen molar-refractivity contribution in [2.45, 2.75) is 0 Å². The van der Waals surface area contributed by atoms with Gasteiger partial charge in [-0.1, -0.05) is 12.1 Å². The molecule has 1 heterocycles. The predicted molar refractivity (Wildman–Crippen MR) is 75.2 cm³/mol. The molecule has 0 bridgehead atoms. The Balaban J connectivity index is 2.57.